The number of amides is 1. The van der Waals surface area contributed by atoms with E-state index in [-0.39, 0.29) is 11.9 Å². The van der Waals surface area contributed by atoms with Crippen LogP contribution in [0.15, 0.2) is 24.3 Å². The lowest BCUT2D eigenvalue weighted by molar-refractivity contribution is -0.128. The third-order valence-corrected chi connectivity index (χ3v) is 3.49. The minimum Gasteiger partial charge on any atom is -0.493 e. The molecular weight excluding hydrogens is 266 g/mol. The highest BCUT2D eigenvalue weighted by molar-refractivity contribution is 5.81. The van der Waals surface area contributed by atoms with Gasteiger partial charge in [-0.05, 0) is 30.9 Å². The number of rotatable bonds is 7. The number of nitrogens with one attached hydrogen (secondary N) is 1. The molecule has 21 heavy (non-hydrogen) atoms. The van der Waals surface area contributed by atoms with Gasteiger partial charge in [0.1, 0.15) is 0 Å². The molecule has 118 valence electrons. The number of para-hydroxylation sites is 2. The summed E-state index contributed by atoms with van der Waals surface area (Å²) < 4.78 is 10.9. The van der Waals surface area contributed by atoms with Crippen LogP contribution < -0.4 is 14.8 Å². The lowest BCUT2D eigenvalue weighted by Gasteiger charge is -2.27. The van der Waals surface area contributed by atoms with Crippen LogP contribution in [0.5, 0.6) is 11.5 Å². The summed E-state index contributed by atoms with van der Waals surface area (Å²) in [7, 11) is 1.58. The second-order valence-corrected chi connectivity index (χ2v) is 5.93. The first-order valence-electron chi connectivity index (χ1n) is 7.46. The molecule has 1 unspecified atom stereocenters. The molecule has 0 saturated carbocycles. The van der Waals surface area contributed by atoms with Crippen LogP contribution in [0, 0.1) is 11.8 Å². The standard InChI is InChI=1S/C17H27NO3/c1-11(2)16(12(3)4)18-17(19)13(5)21-15-10-8-7-9-14(15)20-6/h7-13,16H,1-6H3,(H,18,19). The van der Waals surface area contributed by atoms with Gasteiger partial charge in [0.25, 0.3) is 5.91 Å². The summed E-state index contributed by atoms with van der Waals surface area (Å²) in [5, 5.41) is 3.07. The van der Waals surface area contributed by atoms with Crippen molar-refractivity contribution in [3.63, 3.8) is 0 Å². The average molecular weight is 293 g/mol. The van der Waals surface area contributed by atoms with Gasteiger partial charge in [0.15, 0.2) is 17.6 Å². The Bertz CT molecular complexity index is 449. The Morgan fingerprint density at radius 1 is 1.00 bits per heavy atom. The van der Waals surface area contributed by atoms with Crippen LogP contribution in [0.3, 0.4) is 0 Å². The van der Waals surface area contributed by atoms with Crippen LogP contribution in [-0.4, -0.2) is 25.2 Å². The van der Waals surface area contributed by atoms with Crippen molar-refractivity contribution >= 4 is 5.91 Å². The van der Waals surface area contributed by atoms with Crippen molar-refractivity contribution in [3.05, 3.63) is 24.3 Å². The molecule has 0 radical (unpaired) electrons. The zero-order valence-corrected chi connectivity index (χ0v) is 13.8. The van der Waals surface area contributed by atoms with E-state index < -0.39 is 6.10 Å². The van der Waals surface area contributed by atoms with Gasteiger partial charge in [0, 0.05) is 6.04 Å². The van der Waals surface area contributed by atoms with Crippen molar-refractivity contribution in [2.45, 2.75) is 46.8 Å². The number of carbonyl (C=O) groups is 1. The summed E-state index contributed by atoms with van der Waals surface area (Å²) in [5.74, 6) is 1.86. The van der Waals surface area contributed by atoms with Crippen LogP contribution in [0.1, 0.15) is 34.6 Å². The lowest BCUT2D eigenvalue weighted by atomic mass is 9.93. The van der Waals surface area contributed by atoms with E-state index in [2.05, 4.69) is 33.0 Å². The maximum atomic E-state index is 12.3. The fourth-order valence-electron chi connectivity index (χ4n) is 2.34. The molecule has 0 aromatic heterocycles. The number of hydrogen-bond donors (Lipinski definition) is 1. The zero-order chi connectivity index (χ0) is 16.0. The van der Waals surface area contributed by atoms with Crippen molar-refractivity contribution in [2.24, 2.45) is 11.8 Å². The third-order valence-electron chi connectivity index (χ3n) is 3.49. The molecular formula is C17H27NO3. The van der Waals surface area contributed by atoms with Gasteiger partial charge >= 0.3 is 0 Å². The maximum Gasteiger partial charge on any atom is 0.261 e. The molecule has 0 fully saturated rings. The summed E-state index contributed by atoms with van der Waals surface area (Å²) in [4.78, 5) is 12.3. The third kappa shape index (κ3) is 4.96. The normalized spacial score (nSPS) is 12.6. The highest BCUT2D eigenvalue weighted by Crippen LogP contribution is 2.26. The monoisotopic (exact) mass is 293 g/mol. The zero-order valence-electron chi connectivity index (χ0n) is 13.8. The molecule has 1 atom stereocenters. The molecule has 0 spiro atoms. The van der Waals surface area contributed by atoms with Gasteiger partial charge in [-0.25, -0.2) is 0 Å². The fourth-order valence-corrected chi connectivity index (χ4v) is 2.34. The molecule has 1 aromatic rings. The Morgan fingerprint density at radius 3 is 2.00 bits per heavy atom. The summed E-state index contributed by atoms with van der Waals surface area (Å²) in [6, 6.07) is 7.47. The predicted octanol–water partition coefficient (Wildman–Crippen LogP) is 3.26. The van der Waals surface area contributed by atoms with Gasteiger partial charge in [-0.3, -0.25) is 4.79 Å². The van der Waals surface area contributed by atoms with E-state index in [0.29, 0.717) is 23.3 Å². The Kier molecular flexibility index (Phi) is 6.53. The Labute approximate surface area is 127 Å². The quantitative estimate of drug-likeness (QED) is 0.839. The fraction of sp³-hybridized carbons (Fsp3) is 0.588. The largest absolute Gasteiger partial charge is 0.493 e. The highest BCUT2D eigenvalue weighted by Gasteiger charge is 2.24. The maximum absolute atomic E-state index is 12.3. The number of ether oxygens (including phenoxy) is 2. The van der Waals surface area contributed by atoms with Crippen molar-refractivity contribution in [3.8, 4) is 11.5 Å². The van der Waals surface area contributed by atoms with Crippen molar-refractivity contribution in [1.82, 2.24) is 5.32 Å². The predicted molar refractivity (Wildman–Crippen MR) is 84.7 cm³/mol. The number of hydrogen-bond acceptors (Lipinski definition) is 3. The first-order valence-corrected chi connectivity index (χ1v) is 7.46. The van der Waals surface area contributed by atoms with Gasteiger partial charge in [0.2, 0.25) is 0 Å². The smallest absolute Gasteiger partial charge is 0.261 e. The number of benzene rings is 1. The summed E-state index contributed by atoms with van der Waals surface area (Å²) in [6.45, 7) is 10.2. The van der Waals surface area contributed by atoms with E-state index in [1.54, 1.807) is 20.1 Å². The van der Waals surface area contributed by atoms with Crippen molar-refractivity contribution in [2.75, 3.05) is 7.11 Å². The van der Waals surface area contributed by atoms with E-state index in [1.165, 1.54) is 0 Å². The molecule has 0 aliphatic heterocycles. The van der Waals surface area contributed by atoms with Gasteiger partial charge < -0.3 is 14.8 Å². The topological polar surface area (TPSA) is 47.6 Å². The van der Waals surface area contributed by atoms with Gasteiger partial charge in [-0.2, -0.15) is 0 Å². The van der Waals surface area contributed by atoms with Crippen molar-refractivity contribution < 1.29 is 14.3 Å². The second-order valence-electron chi connectivity index (χ2n) is 5.93. The van der Waals surface area contributed by atoms with Gasteiger partial charge in [-0.15, -0.1) is 0 Å². The first-order chi connectivity index (χ1) is 9.86. The minimum absolute atomic E-state index is 0.103. The average Bonchev–Trinajstić information content (AvgIpc) is 2.44. The number of methoxy groups -OCH3 is 1. The van der Waals surface area contributed by atoms with Gasteiger partial charge in [0.05, 0.1) is 7.11 Å². The SMILES string of the molecule is COc1ccccc1OC(C)C(=O)NC(C(C)C)C(C)C. The van der Waals surface area contributed by atoms with E-state index in [1.807, 2.05) is 18.2 Å². The lowest BCUT2D eigenvalue weighted by Crippen LogP contribution is -2.47. The molecule has 1 amide bonds. The van der Waals surface area contributed by atoms with Crippen molar-refractivity contribution in [1.29, 1.82) is 0 Å². The van der Waals surface area contributed by atoms with Crippen LogP contribution in [0.25, 0.3) is 0 Å². The second kappa shape index (κ2) is 7.91. The number of carbonyl (C=O) groups excluding carboxylic acids is 1. The van der Waals surface area contributed by atoms with E-state index in [9.17, 15) is 4.79 Å². The molecule has 0 bridgehead atoms. The van der Waals surface area contributed by atoms with E-state index in [0.717, 1.165) is 0 Å². The molecule has 1 N–H and O–H groups in total. The first kappa shape index (κ1) is 17.3. The minimum atomic E-state index is -0.568. The van der Waals surface area contributed by atoms with Crippen LogP contribution in [-0.2, 0) is 4.79 Å². The summed E-state index contributed by atoms with van der Waals surface area (Å²) in [5.41, 5.74) is 0. The molecule has 4 nitrogen and oxygen atoms in total. The molecule has 0 heterocycles. The van der Waals surface area contributed by atoms with Crippen LogP contribution in [0.4, 0.5) is 0 Å². The van der Waals surface area contributed by atoms with E-state index in [4.69, 9.17) is 9.47 Å². The van der Waals surface area contributed by atoms with Crippen LogP contribution in [0.2, 0.25) is 0 Å². The summed E-state index contributed by atoms with van der Waals surface area (Å²) >= 11 is 0. The molecule has 1 rings (SSSR count). The molecule has 0 aliphatic carbocycles. The molecule has 0 aliphatic rings. The molecule has 1 aromatic carbocycles. The van der Waals surface area contributed by atoms with Crippen LogP contribution >= 0.6 is 0 Å². The molecule has 4 heteroatoms. The van der Waals surface area contributed by atoms with E-state index >= 15 is 0 Å². The summed E-state index contributed by atoms with van der Waals surface area (Å²) in [6.07, 6.45) is -0.568. The van der Waals surface area contributed by atoms with Gasteiger partial charge in [-0.1, -0.05) is 39.8 Å². The molecule has 0 saturated heterocycles. The Morgan fingerprint density at radius 2 is 1.52 bits per heavy atom. The Balaban J connectivity index is 2.70. The Hall–Kier alpha value is -1.71. The highest BCUT2D eigenvalue weighted by atomic mass is 16.5.